The van der Waals surface area contributed by atoms with Crippen molar-refractivity contribution >= 4 is 11.9 Å². The molecule has 1 aliphatic heterocycles. The number of aliphatic imine (C=N–C) groups is 1. The van der Waals surface area contributed by atoms with Crippen LogP contribution in [0.25, 0.3) is 0 Å². The first-order chi connectivity index (χ1) is 5.65. The van der Waals surface area contributed by atoms with Crippen LogP contribution in [0.3, 0.4) is 0 Å². The molecule has 12 heavy (non-hydrogen) atoms. The number of hydrogen-bond donors (Lipinski definition) is 1. The molecule has 5 heteroatoms. The van der Waals surface area contributed by atoms with Gasteiger partial charge in [0.25, 0.3) is 0 Å². The van der Waals surface area contributed by atoms with E-state index in [2.05, 4.69) is 4.99 Å². The summed E-state index contributed by atoms with van der Waals surface area (Å²) in [6.07, 6.45) is 0. The van der Waals surface area contributed by atoms with Gasteiger partial charge in [0.2, 0.25) is 5.91 Å². The molecule has 1 rings (SSSR count). The summed E-state index contributed by atoms with van der Waals surface area (Å²) in [4.78, 5) is 18.5. The first kappa shape index (κ1) is 8.83. The molecule has 0 radical (unpaired) electrons. The van der Waals surface area contributed by atoms with Crippen molar-refractivity contribution in [1.29, 1.82) is 0 Å². The van der Waals surface area contributed by atoms with Crippen LogP contribution in [0, 0.1) is 0 Å². The van der Waals surface area contributed by atoms with Crippen molar-refractivity contribution in [3.8, 4) is 0 Å². The maximum Gasteiger partial charge on any atom is 0.242 e. The fourth-order valence-corrected chi connectivity index (χ4v) is 1.10. The van der Waals surface area contributed by atoms with E-state index in [0.29, 0.717) is 12.5 Å². The Hall–Kier alpha value is -1.26. The molecule has 68 valence electrons. The minimum Gasteiger partial charge on any atom is -0.370 e. The zero-order valence-corrected chi connectivity index (χ0v) is 7.45. The molecule has 1 saturated heterocycles. The highest BCUT2D eigenvalue weighted by molar-refractivity contribution is 5.86. The summed E-state index contributed by atoms with van der Waals surface area (Å²) in [5.41, 5.74) is 5.56. The Morgan fingerprint density at radius 3 is 2.75 bits per heavy atom. The fraction of sp³-hybridized carbons (Fsp3) is 0.714. The summed E-state index contributed by atoms with van der Waals surface area (Å²) in [7, 11) is 3.41. The Balaban J connectivity index is 2.57. The number of carbonyl (C=O) groups is 1. The molecule has 1 amide bonds. The summed E-state index contributed by atoms with van der Waals surface area (Å²) in [6, 6.07) is 0. The van der Waals surface area contributed by atoms with Crippen LogP contribution in [0.4, 0.5) is 0 Å². The molecular formula is C7H14N4O. The van der Waals surface area contributed by atoms with Gasteiger partial charge in [0, 0.05) is 27.2 Å². The van der Waals surface area contributed by atoms with Crippen LogP contribution in [0.2, 0.25) is 0 Å². The highest BCUT2D eigenvalue weighted by Crippen LogP contribution is 1.99. The normalized spacial score (nSPS) is 20.2. The van der Waals surface area contributed by atoms with Gasteiger partial charge in [-0.15, -0.1) is 0 Å². The lowest BCUT2D eigenvalue weighted by molar-refractivity contribution is -0.132. The predicted octanol–water partition coefficient (Wildman–Crippen LogP) is -1.30. The lowest BCUT2D eigenvalue weighted by Gasteiger charge is -2.32. The van der Waals surface area contributed by atoms with Crippen LogP contribution in [0.15, 0.2) is 4.99 Å². The third-order valence-corrected chi connectivity index (χ3v) is 2.01. The van der Waals surface area contributed by atoms with Crippen LogP contribution >= 0.6 is 0 Å². The molecular weight excluding hydrogens is 156 g/mol. The second kappa shape index (κ2) is 3.42. The fourth-order valence-electron chi connectivity index (χ4n) is 1.10. The largest absolute Gasteiger partial charge is 0.370 e. The van der Waals surface area contributed by atoms with E-state index in [1.165, 1.54) is 0 Å². The quantitative estimate of drug-likeness (QED) is 0.363. The molecule has 0 aliphatic carbocycles. The van der Waals surface area contributed by atoms with Crippen molar-refractivity contribution in [2.24, 2.45) is 10.7 Å². The van der Waals surface area contributed by atoms with Crippen molar-refractivity contribution in [2.75, 3.05) is 33.7 Å². The van der Waals surface area contributed by atoms with Crippen LogP contribution in [0.1, 0.15) is 0 Å². The second-order valence-corrected chi connectivity index (χ2v) is 2.82. The first-order valence-electron chi connectivity index (χ1n) is 3.86. The third kappa shape index (κ3) is 1.66. The highest BCUT2D eigenvalue weighted by atomic mass is 16.2. The summed E-state index contributed by atoms with van der Waals surface area (Å²) < 4.78 is 0. The van der Waals surface area contributed by atoms with E-state index < -0.39 is 0 Å². The van der Waals surface area contributed by atoms with Gasteiger partial charge in [0.15, 0.2) is 5.96 Å². The van der Waals surface area contributed by atoms with E-state index in [0.717, 1.165) is 13.1 Å². The van der Waals surface area contributed by atoms with Gasteiger partial charge >= 0.3 is 0 Å². The average Bonchev–Trinajstić information content (AvgIpc) is 2.08. The van der Waals surface area contributed by atoms with Crippen LogP contribution < -0.4 is 5.73 Å². The van der Waals surface area contributed by atoms with E-state index in [-0.39, 0.29) is 5.91 Å². The molecule has 5 nitrogen and oxygen atoms in total. The summed E-state index contributed by atoms with van der Waals surface area (Å²) >= 11 is 0. The van der Waals surface area contributed by atoms with Crippen LogP contribution in [-0.4, -0.2) is 55.4 Å². The van der Waals surface area contributed by atoms with E-state index in [9.17, 15) is 4.79 Å². The highest BCUT2D eigenvalue weighted by Gasteiger charge is 2.21. The number of piperazine rings is 1. The van der Waals surface area contributed by atoms with Gasteiger partial charge in [0.1, 0.15) is 0 Å². The van der Waals surface area contributed by atoms with Crippen molar-refractivity contribution < 1.29 is 4.79 Å². The summed E-state index contributed by atoms with van der Waals surface area (Å²) in [5.74, 6) is 0.532. The Morgan fingerprint density at radius 1 is 1.58 bits per heavy atom. The minimum atomic E-state index is 0.0906. The molecule has 0 aromatic rings. The average molecular weight is 170 g/mol. The minimum absolute atomic E-state index is 0.0906. The Labute approximate surface area is 71.8 Å². The van der Waals surface area contributed by atoms with Gasteiger partial charge in [-0.3, -0.25) is 9.79 Å². The van der Waals surface area contributed by atoms with E-state index in [1.807, 2.05) is 0 Å². The molecule has 1 aliphatic rings. The number of amides is 1. The molecule has 2 N–H and O–H groups in total. The van der Waals surface area contributed by atoms with Crippen molar-refractivity contribution in [3.63, 3.8) is 0 Å². The topological polar surface area (TPSA) is 61.9 Å². The molecule has 0 bridgehead atoms. The van der Waals surface area contributed by atoms with E-state index in [1.54, 1.807) is 23.9 Å². The lowest BCUT2D eigenvalue weighted by atomic mass is 10.3. The maximum atomic E-state index is 11.2. The number of nitrogens with zero attached hydrogens (tertiary/aromatic N) is 3. The zero-order valence-electron chi connectivity index (χ0n) is 7.45. The van der Waals surface area contributed by atoms with E-state index in [4.69, 9.17) is 5.73 Å². The Morgan fingerprint density at radius 2 is 2.25 bits per heavy atom. The molecule has 0 aromatic heterocycles. The number of nitrogens with two attached hydrogens (primary N) is 1. The molecule has 1 fully saturated rings. The van der Waals surface area contributed by atoms with Gasteiger partial charge in [-0.25, -0.2) is 0 Å². The van der Waals surface area contributed by atoms with Gasteiger partial charge in [-0.1, -0.05) is 0 Å². The predicted molar refractivity (Wildman–Crippen MR) is 46.8 cm³/mol. The summed E-state index contributed by atoms with van der Waals surface area (Å²) in [5, 5.41) is 0. The molecule has 0 spiro atoms. The number of guanidine groups is 1. The van der Waals surface area contributed by atoms with Crippen molar-refractivity contribution in [2.45, 2.75) is 0 Å². The summed E-state index contributed by atoms with van der Waals surface area (Å²) in [6.45, 7) is 1.83. The van der Waals surface area contributed by atoms with Crippen molar-refractivity contribution in [1.82, 2.24) is 9.80 Å². The molecule has 1 heterocycles. The van der Waals surface area contributed by atoms with Gasteiger partial charge < -0.3 is 15.5 Å². The van der Waals surface area contributed by atoms with Crippen molar-refractivity contribution in [3.05, 3.63) is 0 Å². The number of carbonyl (C=O) groups excluding carboxylic acids is 1. The molecule has 0 saturated carbocycles. The molecule has 0 aromatic carbocycles. The van der Waals surface area contributed by atoms with E-state index >= 15 is 0 Å². The maximum absolute atomic E-state index is 11.2. The Bertz CT molecular complexity index is 213. The molecule has 0 atom stereocenters. The van der Waals surface area contributed by atoms with Crippen LogP contribution in [-0.2, 0) is 4.79 Å². The lowest BCUT2D eigenvalue weighted by Crippen LogP contribution is -2.52. The zero-order chi connectivity index (χ0) is 9.14. The Kier molecular flexibility index (Phi) is 2.52. The first-order valence-corrected chi connectivity index (χ1v) is 3.86. The number of likely N-dealkylation sites (N-methyl/N-ethyl adjacent to an activating group) is 1. The number of rotatable bonds is 0. The smallest absolute Gasteiger partial charge is 0.242 e. The van der Waals surface area contributed by atoms with Gasteiger partial charge in [0.05, 0.1) is 6.54 Å². The SMILES string of the molecule is CN=C(N)N1CCN(C)C(=O)C1. The van der Waals surface area contributed by atoms with Gasteiger partial charge in [-0.2, -0.15) is 0 Å². The molecule has 0 unspecified atom stereocenters. The van der Waals surface area contributed by atoms with Gasteiger partial charge in [-0.05, 0) is 0 Å². The standard InChI is InChI=1S/C7H14N4O/c1-9-7(8)11-4-3-10(2)6(12)5-11/h3-5H2,1-2H3,(H2,8,9). The number of hydrogen-bond acceptors (Lipinski definition) is 2. The third-order valence-electron chi connectivity index (χ3n) is 2.01. The monoisotopic (exact) mass is 170 g/mol. The second-order valence-electron chi connectivity index (χ2n) is 2.82. The van der Waals surface area contributed by atoms with Crippen LogP contribution in [0.5, 0.6) is 0 Å².